The van der Waals surface area contributed by atoms with Gasteiger partial charge >= 0.3 is 5.97 Å². The lowest BCUT2D eigenvalue weighted by Crippen LogP contribution is -2.36. The average molecular weight is 283 g/mol. The molecule has 1 atom stereocenters. The van der Waals surface area contributed by atoms with E-state index >= 15 is 0 Å². The molecule has 110 valence electrons. The lowest BCUT2D eigenvalue weighted by molar-refractivity contribution is -0.127. The second-order valence-corrected chi connectivity index (χ2v) is 4.36. The van der Waals surface area contributed by atoms with Gasteiger partial charge in [0.25, 0.3) is 5.91 Å². The minimum Gasteiger partial charge on any atom is -0.478 e. The van der Waals surface area contributed by atoms with E-state index in [4.69, 9.17) is 9.84 Å². The lowest BCUT2D eigenvalue weighted by atomic mass is 10.2. The summed E-state index contributed by atoms with van der Waals surface area (Å²) in [5, 5.41) is 11.4. The van der Waals surface area contributed by atoms with E-state index in [1.165, 1.54) is 19.1 Å². The van der Waals surface area contributed by atoms with Crippen LogP contribution in [-0.2, 0) is 4.79 Å². The molecule has 1 aromatic rings. The lowest BCUT2D eigenvalue weighted by Gasteiger charge is -2.15. The molecule has 1 aromatic carbocycles. The Balaban J connectivity index is 2.63. The number of aromatic carboxylic acids is 1. The van der Waals surface area contributed by atoms with Crippen LogP contribution in [0, 0.1) is 5.82 Å². The Morgan fingerprint density at radius 2 is 2.15 bits per heavy atom. The first-order chi connectivity index (χ1) is 9.45. The van der Waals surface area contributed by atoms with E-state index in [9.17, 15) is 14.0 Å². The topological polar surface area (TPSA) is 75.6 Å². The van der Waals surface area contributed by atoms with E-state index in [-0.39, 0.29) is 17.2 Å². The molecule has 0 aliphatic heterocycles. The highest BCUT2D eigenvalue weighted by atomic mass is 19.1. The van der Waals surface area contributed by atoms with E-state index in [1.807, 2.05) is 6.92 Å². The Hall–Kier alpha value is -2.11. The summed E-state index contributed by atoms with van der Waals surface area (Å²) in [5.41, 5.74) is -0.171. The van der Waals surface area contributed by atoms with E-state index < -0.39 is 17.9 Å². The second kappa shape index (κ2) is 7.47. The van der Waals surface area contributed by atoms with Crippen molar-refractivity contribution in [3.8, 4) is 5.75 Å². The number of halogens is 1. The van der Waals surface area contributed by atoms with E-state index in [0.29, 0.717) is 6.54 Å². The van der Waals surface area contributed by atoms with Crippen LogP contribution in [0.4, 0.5) is 4.39 Å². The Labute approximate surface area is 116 Å². The summed E-state index contributed by atoms with van der Waals surface area (Å²) in [6.45, 7) is 4.06. The zero-order valence-corrected chi connectivity index (χ0v) is 11.5. The number of carbonyl (C=O) groups excluding carboxylic acids is 1. The zero-order valence-electron chi connectivity index (χ0n) is 11.5. The number of rotatable bonds is 7. The van der Waals surface area contributed by atoms with Crippen LogP contribution < -0.4 is 10.1 Å². The smallest absolute Gasteiger partial charge is 0.335 e. The third kappa shape index (κ3) is 4.53. The number of carboxylic acids is 1. The second-order valence-electron chi connectivity index (χ2n) is 4.36. The van der Waals surface area contributed by atoms with Crippen LogP contribution in [0.5, 0.6) is 5.75 Å². The number of benzene rings is 1. The van der Waals surface area contributed by atoms with Crippen molar-refractivity contribution in [2.24, 2.45) is 0 Å². The first-order valence-electron chi connectivity index (χ1n) is 6.43. The van der Waals surface area contributed by atoms with Crippen LogP contribution in [0.1, 0.15) is 37.0 Å². The van der Waals surface area contributed by atoms with E-state index in [1.54, 1.807) is 0 Å². The van der Waals surface area contributed by atoms with Gasteiger partial charge < -0.3 is 15.2 Å². The molecule has 1 unspecified atom stereocenters. The van der Waals surface area contributed by atoms with Crippen LogP contribution >= 0.6 is 0 Å². The molecule has 6 heteroatoms. The molecule has 0 aromatic heterocycles. The van der Waals surface area contributed by atoms with Gasteiger partial charge in [0.05, 0.1) is 5.56 Å². The van der Waals surface area contributed by atoms with Gasteiger partial charge in [-0.1, -0.05) is 13.3 Å². The molecule has 2 N–H and O–H groups in total. The summed E-state index contributed by atoms with van der Waals surface area (Å²) in [7, 11) is 0. The molecular weight excluding hydrogens is 265 g/mol. The monoisotopic (exact) mass is 283 g/mol. The largest absolute Gasteiger partial charge is 0.478 e. The molecule has 0 saturated carbocycles. The highest BCUT2D eigenvalue weighted by molar-refractivity contribution is 5.87. The maximum absolute atomic E-state index is 13.6. The Bertz CT molecular complexity index is 490. The van der Waals surface area contributed by atoms with Gasteiger partial charge in [-0.05, 0) is 31.5 Å². The van der Waals surface area contributed by atoms with Crippen molar-refractivity contribution in [1.29, 1.82) is 0 Å². The number of hydrogen-bond acceptors (Lipinski definition) is 3. The van der Waals surface area contributed by atoms with Gasteiger partial charge in [0.1, 0.15) is 0 Å². The number of amides is 1. The predicted molar refractivity (Wildman–Crippen MR) is 71.4 cm³/mol. The molecule has 0 saturated heterocycles. The van der Waals surface area contributed by atoms with Gasteiger partial charge in [-0.15, -0.1) is 0 Å². The van der Waals surface area contributed by atoms with Crippen LogP contribution in [0.3, 0.4) is 0 Å². The summed E-state index contributed by atoms with van der Waals surface area (Å²) in [5.74, 6) is -2.51. The van der Waals surface area contributed by atoms with Crippen LogP contribution in [0.15, 0.2) is 18.2 Å². The van der Waals surface area contributed by atoms with Gasteiger partial charge in [-0.25, -0.2) is 9.18 Å². The molecule has 1 amide bonds. The molecule has 0 fully saturated rings. The summed E-state index contributed by atoms with van der Waals surface area (Å²) in [4.78, 5) is 22.3. The van der Waals surface area contributed by atoms with E-state index in [2.05, 4.69) is 5.32 Å². The van der Waals surface area contributed by atoms with Gasteiger partial charge in [0.2, 0.25) is 0 Å². The minimum atomic E-state index is -1.22. The molecule has 0 radical (unpaired) electrons. The molecule has 0 spiro atoms. The molecule has 1 rings (SSSR count). The molecule has 0 heterocycles. The first kappa shape index (κ1) is 15.9. The summed E-state index contributed by atoms with van der Waals surface area (Å²) < 4.78 is 18.8. The molecule has 0 aliphatic carbocycles. The van der Waals surface area contributed by atoms with Crippen LogP contribution in [0.2, 0.25) is 0 Å². The zero-order chi connectivity index (χ0) is 15.1. The predicted octanol–water partition coefficient (Wildman–Crippen LogP) is 2.21. The SMILES string of the molecule is CCCCNC(=O)C(C)Oc1ccc(C(=O)O)cc1F. The Kier molecular flexibility index (Phi) is 5.96. The molecule has 20 heavy (non-hydrogen) atoms. The number of carboxylic acid groups (broad SMARTS) is 1. The number of unbranched alkanes of at least 4 members (excludes halogenated alkanes) is 1. The number of hydrogen-bond donors (Lipinski definition) is 2. The Morgan fingerprint density at radius 3 is 2.70 bits per heavy atom. The first-order valence-corrected chi connectivity index (χ1v) is 6.43. The van der Waals surface area contributed by atoms with Crippen molar-refractivity contribution in [2.45, 2.75) is 32.8 Å². The van der Waals surface area contributed by atoms with Crippen molar-refractivity contribution in [1.82, 2.24) is 5.32 Å². The van der Waals surface area contributed by atoms with Crippen molar-refractivity contribution in [2.75, 3.05) is 6.54 Å². The average Bonchev–Trinajstić information content (AvgIpc) is 2.40. The van der Waals surface area contributed by atoms with Crippen molar-refractivity contribution in [3.05, 3.63) is 29.6 Å². The highest BCUT2D eigenvalue weighted by Crippen LogP contribution is 2.19. The quantitative estimate of drug-likeness (QED) is 0.752. The third-order valence-electron chi connectivity index (χ3n) is 2.68. The van der Waals surface area contributed by atoms with Gasteiger partial charge in [-0.2, -0.15) is 0 Å². The summed E-state index contributed by atoms with van der Waals surface area (Å²) in [6, 6.07) is 3.29. The summed E-state index contributed by atoms with van der Waals surface area (Å²) in [6.07, 6.45) is 0.970. The van der Waals surface area contributed by atoms with Crippen molar-refractivity contribution in [3.63, 3.8) is 0 Å². The maximum atomic E-state index is 13.6. The van der Waals surface area contributed by atoms with E-state index in [0.717, 1.165) is 18.9 Å². The number of nitrogens with one attached hydrogen (secondary N) is 1. The van der Waals surface area contributed by atoms with Gasteiger partial charge in [0.15, 0.2) is 17.7 Å². The fraction of sp³-hybridized carbons (Fsp3) is 0.429. The fourth-order valence-corrected chi connectivity index (χ4v) is 1.51. The van der Waals surface area contributed by atoms with Crippen LogP contribution in [0.25, 0.3) is 0 Å². The van der Waals surface area contributed by atoms with Crippen molar-refractivity contribution >= 4 is 11.9 Å². The normalized spacial score (nSPS) is 11.8. The standard InChI is InChI=1S/C14H18FNO4/c1-3-4-7-16-13(17)9(2)20-12-6-5-10(14(18)19)8-11(12)15/h5-6,8-9H,3-4,7H2,1-2H3,(H,16,17)(H,18,19). The number of carbonyl (C=O) groups is 2. The Morgan fingerprint density at radius 1 is 1.45 bits per heavy atom. The highest BCUT2D eigenvalue weighted by Gasteiger charge is 2.17. The fourth-order valence-electron chi connectivity index (χ4n) is 1.51. The molecular formula is C14H18FNO4. The van der Waals surface area contributed by atoms with Crippen molar-refractivity contribution < 1.29 is 23.8 Å². The van der Waals surface area contributed by atoms with Gasteiger partial charge in [-0.3, -0.25) is 4.79 Å². The maximum Gasteiger partial charge on any atom is 0.335 e. The van der Waals surface area contributed by atoms with Gasteiger partial charge in [0, 0.05) is 6.54 Å². The summed E-state index contributed by atoms with van der Waals surface area (Å²) >= 11 is 0. The third-order valence-corrected chi connectivity index (χ3v) is 2.68. The molecule has 0 bridgehead atoms. The minimum absolute atomic E-state index is 0.145. The molecule has 0 aliphatic rings. The molecule has 5 nitrogen and oxygen atoms in total. The number of ether oxygens (including phenoxy) is 1. The van der Waals surface area contributed by atoms with Crippen LogP contribution in [-0.4, -0.2) is 29.6 Å².